The van der Waals surface area contributed by atoms with Crippen LogP contribution in [0.4, 0.5) is 0 Å². The van der Waals surface area contributed by atoms with Crippen LogP contribution in [0.3, 0.4) is 0 Å². The van der Waals surface area contributed by atoms with Gasteiger partial charge < -0.3 is 9.64 Å². The molecule has 104 valence electrons. The normalized spacial score (nSPS) is 27.6. The van der Waals surface area contributed by atoms with Crippen LogP contribution in [0.15, 0.2) is 24.3 Å². The number of ether oxygens (including phenoxy) is 1. The van der Waals surface area contributed by atoms with E-state index in [1.54, 1.807) is 0 Å². The van der Waals surface area contributed by atoms with Crippen LogP contribution in [0.5, 0.6) is 0 Å². The molecule has 2 saturated heterocycles. The number of rotatable bonds is 2. The van der Waals surface area contributed by atoms with Crippen molar-refractivity contribution >= 4 is 11.6 Å². The maximum atomic E-state index is 6.06. The van der Waals surface area contributed by atoms with Crippen molar-refractivity contribution in [3.63, 3.8) is 0 Å². The first-order chi connectivity index (χ1) is 9.21. The highest BCUT2D eigenvalue weighted by atomic mass is 35.5. The van der Waals surface area contributed by atoms with Gasteiger partial charge in [0.1, 0.15) is 0 Å². The summed E-state index contributed by atoms with van der Waals surface area (Å²) in [5.74, 6) is 0. The molecule has 1 aromatic rings. The molecule has 1 unspecified atom stereocenters. The molecule has 2 heterocycles. The predicted octanol–water partition coefficient (Wildman–Crippen LogP) is 3.48. The third kappa shape index (κ3) is 2.54. The Morgan fingerprint density at radius 2 is 1.89 bits per heavy atom. The number of likely N-dealkylation sites (tertiary alicyclic amines) is 1. The lowest BCUT2D eigenvalue weighted by Gasteiger charge is -2.44. The van der Waals surface area contributed by atoms with E-state index in [9.17, 15) is 0 Å². The number of hydrogen-bond acceptors (Lipinski definition) is 2. The second kappa shape index (κ2) is 5.43. The van der Waals surface area contributed by atoms with E-state index < -0.39 is 0 Å². The fraction of sp³-hybridized carbons (Fsp3) is 0.625. The minimum atomic E-state index is 0.202. The zero-order chi connectivity index (χ0) is 13.3. The third-order valence-electron chi connectivity index (χ3n) is 4.84. The van der Waals surface area contributed by atoms with Crippen molar-refractivity contribution in [2.45, 2.75) is 37.2 Å². The van der Waals surface area contributed by atoms with Crippen LogP contribution in [-0.4, -0.2) is 37.7 Å². The van der Waals surface area contributed by atoms with Gasteiger partial charge in [0.2, 0.25) is 0 Å². The highest BCUT2D eigenvalue weighted by Gasteiger charge is 2.44. The molecule has 3 rings (SSSR count). The molecule has 0 saturated carbocycles. The van der Waals surface area contributed by atoms with E-state index in [0.29, 0.717) is 6.10 Å². The monoisotopic (exact) mass is 279 g/mol. The highest BCUT2D eigenvalue weighted by molar-refractivity contribution is 6.30. The Morgan fingerprint density at radius 1 is 1.21 bits per heavy atom. The SMILES string of the molecule is CN1CCC(c2ccc(Cl)cc2)(C2CCCO2)CC1. The van der Waals surface area contributed by atoms with E-state index >= 15 is 0 Å². The average Bonchev–Trinajstić information content (AvgIpc) is 2.95. The zero-order valence-electron chi connectivity index (χ0n) is 11.6. The van der Waals surface area contributed by atoms with Crippen LogP contribution in [0.1, 0.15) is 31.2 Å². The summed E-state index contributed by atoms with van der Waals surface area (Å²) in [4.78, 5) is 2.42. The van der Waals surface area contributed by atoms with Gasteiger partial charge in [-0.2, -0.15) is 0 Å². The Balaban J connectivity index is 1.93. The van der Waals surface area contributed by atoms with Crippen LogP contribution in [-0.2, 0) is 10.2 Å². The van der Waals surface area contributed by atoms with E-state index in [1.807, 2.05) is 12.1 Å². The molecule has 0 N–H and O–H groups in total. The Labute approximate surface area is 120 Å². The zero-order valence-corrected chi connectivity index (χ0v) is 12.3. The molecule has 0 amide bonds. The highest BCUT2D eigenvalue weighted by Crippen LogP contribution is 2.43. The number of hydrogen-bond donors (Lipinski definition) is 0. The van der Waals surface area contributed by atoms with E-state index in [0.717, 1.165) is 24.7 Å². The minimum absolute atomic E-state index is 0.202. The maximum absolute atomic E-state index is 6.06. The molecule has 2 nitrogen and oxygen atoms in total. The summed E-state index contributed by atoms with van der Waals surface area (Å²) in [5.41, 5.74) is 1.62. The Kier molecular flexibility index (Phi) is 3.84. The number of halogens is 1. The van der Waals surface area contributed by atoms with E-state index in [2.05, 4.69) is 24.1 Å². The van der Waals surface area contributed by atoms with Gasteiger partial charge >= 0.3 is 0 Å². The third-order valence-corrected chi connectivity index (χ3v) is 5.10. The quantitative estimate of drug-likeness (QED) is 0.822. The fourth-order valence-electron chi connectivity index (χ4n) is 3.61. The molecule has 19 heavy (non-hydrogen) atoms. The van der Waals surface area contributed by atoms with Crippen molar-refractivity contribution in [2.24, 2.45) is 0 Å². The molecule has 0 spiro atoms. The Bertz CT molecular complexity index is 417. The van der Waals surface area contributed by atoms with Gasteiger partial charge in [-0.3, -0.25) is 0 Å². The first kappa shape index (κ1) is 13.4. The molecule has 2 aliphatic rings. The molecule has 0 aliphatic carbocycles. The van der Waals surface area contributed by atoms with Gasteiger partial charge in [0.25, 0.3) is 0 Å². The van der Waals surface area contributed by atoms with Crippen LogP contribution in [0.25, 0.3) is 0 Å². The first-order valence-corrected chi connectivity index (χ1v) is 7.65. The van der Waals surface area contributed by atoms with Gasteiger partial charge in [0, 0.05) is 17.0 Å². The second-order valence-corrected chi connectivity index (χ2v) is 6.40. The minimum Gasteiger partial charge on any atom is -0.377 e. The van der Waals surface area contributed by atoms with Crippen LogP contribution < -0.4 is 0 Å². The van der Waals surface area contributed by atoms with E-state index in [4.69, 9.17) is 16.3 Å². The smallest absolute Gasteiger partial charge is 0.0673 e. The fourth-order valence-corrected chi connectivity index (χ4v) is 3.74. The number of piperidine rings is 1. The van der Waals surface area contributed by atoms with E-state index in [-0.39, 0.29) is 5.41 Å². The molecule has 2 fully saturated rings. The van der Waals surface area contributed by atoms with Crippen molar-refractivity contribution in [3.05, 3.63) is 34.9 Å². The van der Waals surface area contributed by atoms with Gasteiger partial charge in [-0.1, -0.05) is 23.7 Å². The van der Waals surface area contributed by atoms with Gasteiger partial charge in [-0.15, -0.1) is 0 Å². The molecule has 0 radical (unpaired) electrons. The Morgan fingerprint density at radius 3 is 2.47 bits per heavy atom. The molecule has 1 aromatic carbocycles. The molecule has 1 atom stereocenters. The van der Waals surface area contributed by atoms with Crippen LogP contribution in [0.2, 0.25) is 5.02 Å². The van der Waals surface area contributed by atoms with Gasteiger partial charge in [-0.05, 0) is 63.5 Å². The summed E-state index contributed by atoms with van der Waals surface area (Å²) in [7, 11) is 2.21. The van der Waals surface area contributed by atoms with E-state index in [1.165, 1.54) is 31.2 Å². The molecular formula is C16H22ClNO. The van der Waals surface area contributed by atoms with Crippen LogP contribution in [0, 0.1) is 0 Å². The number of benzene rings is 1. The lowest BCUT2D eigenvalue weighted by Crippen LogP contribution is -2.48. The van der Waals surface area contributed by atoms with Gasteiger partial charge in [-0.25, -0.2) is 0 Å². The van der Waals surface area contributed by atoms with Crippen molar-refractivity contribution in [3.8, 4) is 0 Å². The van der Waals surface area contributed by atoms with Gasteiger partial charge in [0.05, 0.1) is 6.10 Å². The first-order valence-electron chi connectivity index (χ1n) is 7.27. The van der Waals surface area contributed by atoms with Crippen molar-refractivity contribution < 1.29 is 4.74 Å². The molecule has 2 aliphatic heterocycles. The maximum Gasteiger partial charge on any atom is 0.0673 e. The molecule has 3 heteroatoms. The summed E-state index contributed by atoms with van der Waals surface area (Å²) in [6.07, 6.45) is 5.18. The van der Waals surface area contributed by atoms with Crippen LogP contribution >= 0.6 is 11.6 Å². The van der Waals surface area contributed by atoms with Crippen molar-refractivity contribution in [1.29, 1.82) is 0 Å². The van der Waals surface area contributed by atoms with Crippen molar-refractivity contribution in [2.75, 3.05) is 26.7 Å². The van der Waals surface area contributed by atoms with Crippen molar-refractivity contribution in [1.82, 2.24) is 4.90 Å². The number of nitrogens with zero attached hydrogens (tertiary/aromatic N) is 1. The summed E-state index contributed by atoms with van der Waals surface area (Å²) < 4.78 is 6.06. The standard InChI is InChI=1S/C16H22ClNO/c1-18-10-8-16(9-11-18,15-3-2-12-19-15)13-4-6-14(17)7-5-13/h4-7,15H,2-3,8-12H2,1H3. The second-order valence-electron chi connectivity index (χ2n) is 5.97. The lowest BCUT2D eigenvalue weighted by atomic mass is 9.68. The molecular weight excluding hydrogens is 258 g/mol. The summed E-state index contributed by atoms with van der Waals surface area (Å²) in [5, 5.41) is 0.819. The molecule has 0 aromatic heterocycles. The lowest BCUT2D eigenvalue weighted by molar-refractivity contribution is 0.0114. The summed E-state index contributed by atoms with van der Waals surface area (Å²) in [6.45, 7) is 3.24. The Hall–Kier alpha value is -0.570. The van der Waals surface area contributed by atoms with Gasteiger partial charge in [0.15, 0.2) is 0 Å². The summed E-state index contributed by atoms with van der Waals surface area (Å²) in [6, 6.07) is 8.45. The summed E-state index contributed by atoms with van der Waals surface area (Å²) >= 11 is 6.04. The largest absolute Gasteiger partial charge is 0.377 e. The average molecular weight is 280 g/mol. The molecule has 0 bridgehead atoms. The topological polar surface area (TPSA) is 12.5 Å². The predicted molar refractivity (Wildman–Crippen MR) is 78.8 cm³/mol.